The number of hydrogen-bond acceptors (Lipinski definition) is 1. The van der Waals surface area contributed by atoms with Crippen molar-refractivity contribution >= 4 is 15.9 Å². The van der Waals surface area contributed by atoms with Gasteiger partial charge in [-0.1, -0.05) is 48.3 Å². The zero-order chi connectivity index (χ0) is 12.5. The lowest BCUT2D eigenvalue weighted by Gasteiger charge is -2.31. The highest BCUT2D eigenvalue weighted by atomic mass is 79.9. The molecule has 0 aliphatic heterocycles. The van der Waals surface area contributed by atoms with E-state index in [2.05, 4.69) is 41.9 Å². The summed E-state index contributed by atoms with van der Waals surface area (Å²) in [6, 6.07) is 8.25. The molecule has 0 aromatic heterocycles. The van der Waals surface area contributed by atoms with Gasteiger partial charge in [0.05, 0.1) is 6.10 Å². The Morgan fingerprint density at radius 3 is 2.82 bits per heavy atom. The van der Waals surface area contributed by atoms with E-state index in [0.29, 0.717) is 11.3 Å². The van der Waals surface area contributed by atoms with Crippen molar-refractivity contribution in [3.05, 3.63) is 34.3 Å². The van der Waals surface area contributed by atoms with Gasteiger partial charge in [0, 0.05) is 4.47 Å². The molecule has 2 rings (SSSR count). The number of aliphatic hydroxyl groups excluding tert-OH is 1. The summed E-state index contributed by atoms with van der Waals surface area (Å²) in [6.07, 6.45) is 4.23. The van der Waals surface area contributed by atoms with E-state index in [0.717, 1.165) is 10.9 Å². The number of rotatable bonds is 3. The van der Waals surface area contributed by atoms with Gasteiger partial charge in [0.1, 0.15) is 0 Å². The molecule has 94 valence electrons. The summed E-state index contributed by atoms with van der Waals surface area (Å²) in [5.74, 6) is 0.446. The fourth-order valence-electron chi connectivity index (χ4n) is 3.11. The highest BCUT2D eigenvalue weighted by molar-refractivity contribution is 9.10. The fourth-order valence-corrected chi connectivity index (χ4v) is 3.56. The van der Waals surface area contributed by atoms with Crippen LogP contribution in [0.3, 0.4) is 0 Å². The van der Waals surface area contributed by atoms with Crippen molar-refractivity contribution in [3.8, 4) is 0 Å². The summed E-state index contributed by atoms with van der Waals surface area (Å²) in [6.45, 7) is 4.57. The maximum absolute atomic E-state index is 10.4. The summed E-state index contributed by atoms with van der Waals surface area (Å²) in [7, 11) is 0. The number of benzene rings is 1. The molecule has 1 fully saturated rings. The van der Waals surface area contributed by atoms with Crippen molar-refractivity contribution in [2.75, 3.05) is 0 Å². The molecule has 0 bridgehead atoms. The van der Waals surface area contributed by atoms with Gasteiger partial charge in [0.15, 0.2) is 0 Å². The first kappa shape index (κ1) is 13.1. The van der Waals surface area contributed by atoms with E-state index in [4.69, 9.17) is 0 Å². The molecule has 0 saturated heterocycles. The summed E-state index contributed by atoms with van der Waals surface area (Å²) in [5, 5.41) is 10.4. The highest BCUT2D eigenvalue weighted by Crippen LogP contribution is 2.44. The van der Waals surface area contributed by atoms with Crippen molar-refractivity contribution in [2.24, 2.45) is 11.3 Å². The Kier molecular flexibility index (Phi) is 3.94. The Balaban J connectivity index is 2.04. The standard InChI is InChI=1S/C15H21BrO/c1-15(2)8-4-7-13(15)14(17)10-11-5-3-6-12(16)9-11/h3,5-6,9,13-14,17H,4,7-8,10H2,1-2H3. The van der Waals surface area contributed by atoms with Crippen LogP contribution in [0.1, 0.15) is 38.7 Å². The summed E-state index contributed by atoms with van der Waals surface area (Å²) in [4.78, 5) is 0. The molecule has 0 radical (unpaired) electrons. The molecular weight excluding hydrogens is 276 g/mol. The second-order valence-corrected chi connectivity index (χ2v) is 6.80. The monoisotopic (exact) mass is 296 g/mol. The molecule has 2 heteroatoms. The molecule has 1 aromatic carbocycles. The summed E-state index contributed by atoms with van der Waals surface area (Å²) < 4.78 is 1.09. The molecule has 1 aliphatic carbocycles. The molecule has 2 unspecified atom stereocenters. The Morgan fingerprint density at radius 1 is 1.47 bits per heavy atom. The second kappa shape index (κ2) is 5.11. The Morgan fingerprint density at radius 2 is 2.24 bits per heavy atom. The molecule has 1 saturated carbocycles. The number of hydrogen-bond donors (Lipinski definition) is 1. The third-order valence-electron chi connectivity index (χ3n) is 4.14. The average Bonchev–Trinajstić information content (AvgIpc) is 2.58. The highest BCUT2D eigenvalue weighted by Gasteiger charge is 2.38. The van der Waals surface area contributed by atoms with E-state index in [1.165, 1.54) is 24.8 Å². The van der Waals surface area contributed by atoms with Crippen molar-refractivity contribution in [1.82, 2.24) is 0 Å². The fraction of sp³-hybridized carbons (Fsp3) is 0.600. The maximum Gasteiger partial charge on any atom is 0.0613 e. The SMILES string of the molecule is CC1(C)CCCC1C(O)Cc1cccc(Br)c1. The van der Waals surface area contributed by atoms with Crippen LogP contribution in [0.2, 0.25) is 0 Å². The minimum absolute atomic E-state index is 0.207. The smallest absolute Gasteiger partial charge is 0.0613 e. The second-order valence-electron chi connectivity index (χ2n) is 5.89. The lowest BCUT2D eigenvalue weighted by molar-refractivity contribution is 0.0543. The number of aliphatic hydroxyl groups is 1. The quantitative estimate of drug-likeness (QED) is 0.887. The predicted molar refractivity (Wildman–Crippen MR) is 75.0 cm³/mol. The van der Waals surface area contributed by atoms with E-state index in [1.54, 1.807) is 0 Å². The molecule has 1 aliphatic rings. The molecule has 1 N–H and O–H groups in total. The Bertz CT molecular complexity index is 386. The van der Waals surface area contributed by atoms with Crippen molar-refractivity contribution < 1.29 is 5.11 Å². The lowest BCUT2D eigenvalue weighted by Crippen LogP contribution is -2.31. The first-order valence-electron chi connectivity index (χ1n) is 6.41. The van der Waals surface area contributed by atoms with Gasteiger partial charge in [-0.25, -0.2) is 0 Å². The van der Waals surface area contributed by atoms with Crippen molar-refractivity contribution in [1.29, 1.82) is 0 Å². The lowest BCUT2D eigenvalue weighted by atomic mass is 9.77. The summed E-state index contributed by atoms with van der Waals surface area (Å²) >= 11 is 3.48. The van der Waals surface area contributed by atoms with Gasteiger partial charge < -0.3 is 5.11 Å². The molecule has 1 aromatic rings. The molecule has 17 heavy (non-hydrogen) atoms. The largest absolute Gasteiger partial charge is 0.392 e. The van der Waals surface area contributed by atoms with Crippen LogP contribution in [0.5, 0.6) is 0 Å². The Hall–Kier alpha value is -0.340. The topological polar surface area (TPSA) is 20.2 Å². The third kappa shape index (κ3) is 3.11. The van der Waals surface area contributed by atoms with Crippen molar-refractivity contribution in [3.63, 3.8) is 0 Å². The van der Waals surface area contributed by atoms with Crippen LogP contribution >= 0.6 is 15.9 Å². The molecular formula is C15H21BrO. The zero-order valence-electron chi connectivity index (χ0n) is 10.6. The van der Waals surface area contributed by atoms with Gasteiger partial charge >= 0.3 is 0 Å². The molecule has 1 nitrogen and oxygen atoms in total. The van der Waals surface area contributed by atoms with Crippen molar-refractivity contribution in [2.45, 2.75) is 45.6 Å². The van der Waals surface area contributed by atoms with Crippen LogP contribution in [-0.4, -0.2) is 11.2 Å². The zero-order valence-corrected chi connectivity index (χ0v) is 12.2. The van der Waals surface area contributed by atoms with Crippen LogP contribution in [0.4, 0.5) is 0 Å². The van der Waals surface area contributed by atoms with Crippen LogP contribution in [0, 0.1) is 11.3 Å². The van der Waals surface area contributed by atoms with Gasteiger partial charge in [-0.05, 0) is 48.3 Å². The van der Waals surface area contributed by atoms with E-state index >= 15 is 0 Å². The van der Waals surface area contributed by atoms with Crippen LogP contribution in [-0.2, 0) is 6.42 Å². The average molecular weight is 297 g/mol. The van der Waals surface area contributed by atoms with E-state index < -0.39 is 0 Å². The normalized spacial score (nSPS) is 24.8. The molecule has 0 heterocycles. The predicted octanol–water partition coefficient (Wildman–Crippen LogP) is 4.18. The Labute approximate surface area is 112 Å². The minimum Gasteiger partial charge on any atom is -0.392 e. The maximum atomic E-state index is 10.4. The van der Waals surface area contributed by atoms with E-state index in [-0.39, 0.29) is 6.10 Å². The number of halogens is 1. The van der Waals surface area contributed by atoms with Gasteiger partial charge in [-0.3, -0.25) is 0 Å². The van der Waals surface area contributed by atoms with E-state index in [9.17, 15) is 5.11 Å². The van der Waals surface area contributed by atoms with Gasteiger partial charge in [0.25, 0.3) is 0 Å². The van der Waals surface area contributed by atoms with E-state index in [1.807, 2.05) is 12.1 Å². The molecule has 0 spiro atoms. The molecule has 2 atom stereocenters. The molecule has 0 amide bonds. The van der Waals surface area contributed by atoms with Crippen LogP contribution in [0.15, 0.2) is 28.7 Å². The van der Waals surface area contributed by atoms with Crippen LogP contribution in [0.25, 0.3) is 0 Å². The third-order valence-corrected chi connectivity index (χ3v) is 4.63. The minimum atomic E-state index is -0.207. The van der Waals surface area contributed by atoms with Gasteiger partial charge in [0.2, 0.25) is 0 Å². The first-order valence-corrected chi connectivity index (χ1v) is 7.21. The van der Waals surface area contributed by atoms with Crippen LogP contribution < -0.4 is 0 Å². The van der Waals surface area contributed by atoms with Gasteiger partial charge in [-0.2, -0.15) is 0 Å². The van der Waals surface area contributed by atoms with Gasteiger partial charge in [-0.15, -0.1) is 0 Å². The summed E-state index contributed by atoms with van der Waals surface area (Å²) in [5.41, 5.74) is 1.51. The first-order chi connectivity index (χ1) is 7.99.